The van der Waals surface area contributed by atoms with Crippen molar-refractivity contribution in [2.75, 3.05) is 0 Å². The number of nitrogens with one attached hydrogen (secondary N) is 1. The first kappa shape index (κ1) is 24.6. The molecule has 0 fully saturated rings. The van der Waals surface area contributed by atoms with Crippen LogP contribution in [0.4, 0.5) is 4.39 Å². The van der Waals surface area contributed by atoms with E-state index in [9.17, 15) is 18.8 Å². The normalized spacial score (nSPS) is 16.2. The van der Waals surface area contributed by atoms with Gasteiger partial charge in [0.2, 0.25) is 0 Å². The Morgan fingerprint density at radius 3 is 2.31 bits per heavy atom. The summed E-state index contributed by atoms with van der Waals surface area (Å²) in [5, 5.41) is 15.2. The molecular weight excluding hydrogens is 496 g/mol. The van der Waals surface area contributed by atoms with Crippen molar-refractivity contribution in [1.29, 1.82) is 0 Å². The molecule has 180 valence electrons. The molecule has 3 aromatic rings. The summed E-state index contributed by atoms with van der Waals surface area (Å²) in [7, 11) is 0. The molecule has 35 heavy (non-hydrogen) atoms. The number of aromatic nitrogens is 1. The topological polar surface area (TPSA) is 103 Å². The van der Waals surface area contributed by atoms with E-state index in [1.807, 2.05) is 6.92 Å². The van der Waals surface area contributed by atoms with Gasteiger partial charge in [-0.1, -0.05) is 47.5 Å². The summed E-state index contributed by atoms with van der Waals surface area (Å²) in [6, 6.07) is 12.8. The summed E-state index contributed by atoms with van der Waals surface area (Å²) >= 11 is 12.0. The molecular formula is C25H20Cl2FN3O4. The lowest BCUT2D eigenvalue weighted by atomic mass is 9.91. The monoisotopic (exact) mass is 515 g/mol. The fourth-order valence-corrected chi connectivity index (χ4v) is 4.34. The second-order valence-corrected chi connectivity index (χ2v) is 9.00. The quantitative estimate of drug-likeness (QED) is 0.473. The van der Waals surface area contributed by atoms with Gasteiger partial charge in [-0.15, -0.1) is 0 Å². The number of carbonyl (C=O) groups is 2. The Kier molecular flexibility index (Phi) is 7.05. The number of halogens is 3. The van der Waals surface area contributed by atoms with Crippen LogP contribution in [-0.2, 0) is 9.59 Å². The van der Waals surface area contributed by atoms with E-state index in [1.165, 1.54) is 0 Å². The molecule has 0 saturated carbocycles. The average molecular weight is 516 g/mol. The molecule has 0 radical (unpaired) electrons. The number of H-pyrrole nitrogens is 1. The second-order valence-electron chi connectivity index (χ2n) is 8.12. The summed E-state index contributed by atoms with van der Waals surface area (Å²) in [4.78, 5) is 39.6. The predicted octanol–water partition coefficient (Wildman–Crippen LogP) is 5.15. The minimum Gasteiger partial charge on any atom is -0.481 e. The summed E-state index contributed by atoms with van der Waals surface area (Å²) in [5.41, 5.74) is 2.79. The molecule has 2 N–H and O–H groups in total. The summed E-state index contributed by atoms with van der Waals surface area (Å²) in [6.07, 6.45) is -1.60. The number of rotatable bonds is 6. The fourth-order valence-electron chi connectivity index (χ4n) is 4.09. The van der Waals surface area contributed by atoms with Crippen LogP contribution in [0.1, 0.15) is 35.6 Å². The lowest BCUT2D eigenvalue weighted by molar-refractivity contribution is -0.146. The number of nitrogens with zero attached hydrogens (tertiary/aromatic N) is 2. The third-order valence-corrected chi connectivity index (χ3v) is 6.23. The first-order valence-electron chi connectivity index (χ1n) is 10.7. The first-order chi connectivity index (χ1) is 16.7. The number of alkyl halides is 1. The Labute approximate surface area is 209 Å². The van der Waals surface area contributed by atoms with Gasteiger partial charge in [-0.2, -0.15) is 5.10 Å². The Morgan fingerprint density at radius 2 is 1.71 bits per heavy atom. The summed E-state index contributed by atoms with van der Waals surface area (Å²) in [5.74, 6) is -2.54. The van der Waals surface area contributed by atoms with Gasteiger partial charge in [0.05, 0.1) is 23.7 Å². The van der Waals surface area contributed by atoms with Crippen LogP contribution in [0.15, 0.2) is 64.6 Å². The van der Waals surface area contributed by atoms with Crippen LogP contribution in [-0.4, -0.2) is 38.9 Å². The highest BCUT2D eigenvalue weighted by molar-refractivity contribution is 6.30. The van der Waals surface area contributed by atoms with Crippen molar-refractivity contribution in [2.45, 2.75) is 32.0 Å². The first-order valence-corrected chi connectivity index (χ1v) is 11.4. The standard InChI is InChI=1S/C25H20Cl2FN3O4/c1-13-12-29-24(34)23(22(13)15-4-8-17(27)9-5-15)19-11-20(14-2-6-16(26)7-3-14)31(30-19)25(35)18(28)10-21(32)33/h2-9,12,18,20H,10-11H2,1H3,(H,29,34)(H,32,33)/t18?,20-/m1/s1. The number of aromatic amines is 1. The van der Waals surface area contributed by atoms with E-state index in [0.717, 1.165) is 16.1 Å². The molecule has 2 aromatic carbocycles. The zero-order chi connectivity index (χ0) is 25.3. The van der Waals surface area contributed by atoms with Crippen LogP contribution in [0.25, 0.3) is 11.1 Å². The molecule has 2 heterocycles. The van der Waals surface area contributed by atoms with Crippen LogP contribution in [0, 0.1) is 6.92 Å². The molecule has 1 amide bonds. The van der Waals surface area contributed by atoms with Crippen LogP contribution < -0.4 is 5.56 Å². The number of aryl methyl sites for hydroxylation is 1. The highest BCUT2D eigenvalue weighted by Crippen LogP contribution is 2.36. The number of aliphatic carboxylic acids is 1. The molecule has 2 atom stereocenters. The van der Waals surface area contributed by atoms with Gasteiger partial charge in [0.25, 0.3) is 11.5 Å². The van der Waals surface area contributed by atoms with Gasteiger partial charge in [-0.3, -0.25) is 14.4 Å². The Balaban J connectivity index is 1.84. The van der Waals surface area contributed by atoms with E-state index < -0.39 is 36.1 Å². The third-order valence-electron chi connectivity index (χ3n) is 5.73. The maximum Gasteiger partial charge on any atom is 0.306 e. The van der Waals surface area contributed by atoms with Crippen molar-refractivity contribution in [3.63, 3.8) is 0 Å². The van der Waals surface area contributed by atoms with Gasteiger partial charge in [-0.25, -0.2) is 9.40 Å². The molecule has 0 saturated heterocycles. The molecule has 7 nitrogen and oxygen atoms in total. The molecule has 1 aliphatic heterocycles. The van der Waals surface area contributed by atoms with Crippen molar-refractivity contribution in [3.05, 3.63) is 91.8 Å². The van der Waals surface area contributed by atoms with Gasteiger partial charge in [0, 0.05) is 28.2 Å². The van der Waals surface area contributed by atoms with Crippen LogP contribution in [0.2, 0.25) is 10.0 Å². The average Bonchev–Trinajstić information content (AvgIpc) is 3.25. The molecule has 1 aliphatic rings. The minimum absolute atomic E-state index is 0.111. The van der Waals surface area contributed by atoms with Gasteiger partial charge in [0.15, 0.2) is 6.17 Å². The van der Waals surface area contributed by atoms with Crippen LogP contribution in [0.5, 0.6) is 0 Å². The SMILES string of the molecule is Cc1c[nH]c(=O)c(C2=NN(C(=O)C(F)CC(=O)O)[C@@H](c3ccc(Cl)cc3)C2)c1-c1ccc(Cl)cc1. The Bertz CT molecular complexity index is 1370. The molecule has 0 spiro atoms. The van der Waals surface area contributed by atoms with Crippen molar-refractivity contribution in [2.24, 2.45) is 5.10 Å². The van der Waals surface area contributed by atoms with Gasteiger partial charge in [0.1, 0.15) is 0 Å². The predicted molar refractivity (Wildman–Crippen MR) is 132 cm³/mol. The summed E-state index contributed by atoms with van der Waals surface area (Å²) in [6.45, 7) is 1.82. The van der Waals surface area contributed by atoms with Crippen LogP contribution >= 0.6 is 23.2 Å². The zero-order valence-electron chi connectivity index (χ0n) is 18.5. The van der Waals surface area contributed by atoms with E-state index in [1.54, 1.807) is 54.7 Å². The van der Waals surface area contributed by atoms with Gasteiger partial charge < -0.3 is 10.1 Å². The number of pyridine rings is 1. The molecule has 0 aliphatic carbocycles. The number of carboxylic acids is 1. The van der Waals surface area contributed by atoms with E-state index >= 15 is 0 Å². The van der Waals surface area contributed by atoms with Crippen molar-refractivity contribution in [3.8, 4) is 11.1 Å². The maximum absolute atomic E-state index is 14.6. The second kappa shape index (κ2) is 10.0. The minimum atomic E-state index is -2.29. The molecule has 1 unspecified atom stereocenters. The van der Waals surface area contributed by atoms with Gasteiger partial charge in [-0.05, 0) is 47.9 Å². The highest BCUT2D eigenvalue weighted by atomic mass is 35.5. The number of benzene rings is 2. The smallest absolute Gasteiger partial charge is 0.306 e. The molecule has 1 aromatic heterocycles. The highest BCUT2D eigenvalue weighted by Gasteiger charge is 2.38. The van der Waals surface area contributed by atoms with Crippen molar-refractivity contribution < 1.29 is 19.1 Å². The number of hydrogen-bond acceptors (Lipinski definition) is 4. The summed E-state index contributed by atoms with van der Waals surface area (Å²) < 4.78 is 14.6. The van der Waals surface area contributed by atoms with E-state index in [2.05, 4.69) is 10.1 Å². The van der Waals surface area contributed by atoms with Crippen molar-refractivity contribution in [1.82, 2.24) is 9.99 Å². The zero-order valence-corrected chi connectivity index (χ0v) is 20.0. The van der Waals surface area contributed by atoms with Crippen LogP contribution in [0.3, 0.4) is 0 Å². The molecule has 4 rings (SSSR count). The number of carbonyl (C=O) groups excluding carboxylic acids is 1. The number of amides is 1. The number of hydrazone groups is 1. The fraction of sp³-hybridized carbons (Fsp3) is 0.200. The third kappa shape index (κ3) is 5.13. The van der Waals surface area contributed by atoms with E-state index in [4.69, 9.17) is 28.3 Å². The lowest BCUT2D eigenvalue weighted by Crippen LogP contribution is -2.35. The number of carboxylic acid groups (broad SMARTS) is 1. The maximum atomic E-state index is 14.6. The van der Waals surface area contributed by atoms with Gasteiger partial charge >= 0.3 is 5.97 Å². The van der Waals surface area contributed by atoms with E-state index in [-0.39, 0.29) is 17.7 Å². The molecule has 0 bridgehead atoms. The lowest BCUT2D eigenvalue weighted by Gasteiger charge is -2.23. The Hall–Kier alpha value is -3.49. The number of hydrogen-bond donors (Lipinski definition) is 2. The van der Waals surface area contributed by atoms with Crippen molar-refractivity contribution >= 4 is 40.8 Å². The Morgan fingerprint density at radius 1 is 1.11 bits per heavy atom. The molecule has 10 heteroatoms. The largest absolute Gasteiger partial charge is 0.481 e. The van der Waals surface area contributed by atoms with E-state index in [0.29, 0.717) is 21.2 Å².